The van der Waals surface area contributed by atoms with E-state index >= 15 is 0 Å². The Morgan fingerprint density at radius 2 is 2.09 bits per heavy atom. The van der Waals surface area contributed by atoms with Crippen LogP contribution < -0.4 is 5.73 Å². The Hall–Kier alpha value is 0.270. The van der Waals surface area contributed by atoms with E-state index in [1.807, 2.05) is 0 Å². The Bertz CT molecular complexity index is 111. The van der Waals surface area contributed by atoms with Crippen LogP contribution >= 0.6 is 12.6 Å². The van der Waals surface area contributed by atoms with Crippen LogP contribution in [0.1, 0.15) is 12.8 Å². The molecular formula is C8H18N2S. The molecule has 1 rings (SSSR count). The van der Waals surface area contributed by atoms with E-state index in [1.165, 1.54) is 25.9 Å². The van der Waals surface area contributed by atoms with Crippen molar-refractivity contribution in [2.45, 2.75) is 18.1 Å². The maximum absolute atomic E-state index is 5.55. The number of thiol groups is 1. The van der Waals surface area contributed by atoms with Gasteiger partial charge in [0.05, 0.1) is 0 Å². The lowest BCUT2D eigenvalue weighted by molar-refractivity contribution is 0.218. The summed E-state index contributed by atoms with van der Waals surface area (Å²) in [5, 5.41) is 0.420. The molecule has 0 aliphatic carbocycles. The second-order valence-corrected chi connectivity index (χ2v) is 4.11. The van der Waals surface area contributed by atoms with Crippen LogP contribution in [0, 0.1) is 5.92 Å². The second kappa shape index (κ2) is 4.33. The molecule has 0 aromatic heterocycles. The first-order chi connectivity index (χ1) is 5.24. The maximum Gasteiger partial charge on any atom is 0.0169 e. The highest BCUT2D eigenvalue weighted by molar-refractivity contribution is 7.81. The van der Waals surface area contributed by atoms with Crippen LogP contribution in [0.25, 0.3) is 0 Å². The van der Waals surface area contributed by atoms with Crippen molar-refractivity contribution in [2.24, 2.45) is 11.7 Å². The van der Waals surface area contributed by atoms with Crippen LogP contribution in [0.15, 0.2) is 0 Å². The van der Waals surface area contributed by atoms with E-state index in [9.17, 15) is 0 Å². The maximum atomic E-state index is 5.55. The molecule has 0 radical (unpaired) electrons. The van der Waals surface area contributed by atoms with Gasteiger partial charge in [-0.3, -0.25) is 0 Å². The fourth-order valence-corrected chi connectivity index (χ4v) is 1.90. The van der Waals surface area contributed by atoms with Gasteiger partial charge in [-0.15, -0.1) is 0 Å². The molecule has 0 saturated carbocycles. The highest BCUT2D eigenvalue weighted by Crippen LogP contribution is 2.22. The molecule has 0 amide bonds. The molecule has 66 valence electrons. The van der Waals surface area contributed by atoms with Crippen molar-refractivity contribution in [1.29, 1.82) is 0 Å². The summed E-state index contributed by atoms with van der Waals surface area (Å²) in [5.41, 5.74) is 5.55. The van der Waals surface area contributed by atoms with Gasteiger partial charge in [0.2, 0.25) is 0 Å². The number of likely N-dealkylation sites (tertiary alicyclic amines) is 1. The molecule has 0 aromatic rings. The Morgan fingerprint density at radius 3 is 2.55 bits per heavy atom. The Labute approximate surface area is 74.5 Å². The van der Waals surface area contributed by atoms with Crippen LogP contribution in [0.3, 0.4) is 0 Å². The third-order valence-electron chi connectivity index (χ3n) is 2.55. The zero-order valence-corrected chi connectivity index (χ0v) is 8.06. The molecule has 1 unspecified atom stereocenters. The van der Waals surface area contributed by atoms with Gasteiger partial charge in [-0.2, -0.15) is 12.6 Å². The SMILES string of the molecule is CN1CCC(C(S)CN)CC1. The van der Waals surface area contributed by atoms with E-state index in [2.05, 4.69) is 24.6 Å². The first-order valence-electron chi connectivity index (χ1n) is 4.30. The summed E-state index contributed by atoms with van der Waals surface area (Å²) in [6, 6.07) is 0. The lowest BCUT2D eigenvalue weighted by Crippen LogP contribution is -2.36. The normalized spacial score (nSPS) is 25.4. The molecule has 1 aliphatic rings. The fraction of sp³-hybridized carbons (Fsp3) is 1.00. The Balaban J connectivity index is 2.27. The average Bonchev–Trinajstić information content (AvgIpc) is 2.05. The van der Waals surface area contributed by atoms with Crippen LogP contribution in [-0.4, -0.2) is 36.8 Å². The van der Waals surface area contributed by atoms with Gasteiger partial charge in [0.15, 0.2) is 0 Å². The van der Waals surface area contributed by atoms with Crippen LogP contribution in [0.5, 0.6) is 0 Å². The van der Waals surface area contributed by atoms with Crippen LogP contribution in [-0.2, 0) is 0 Å². The summed E-state index contributed by atoms with van der Waals surface area (Å²) in [5.74, 6) is 0.750. The van der Waals surface area contributed by atoms with Crippen molar-refractivity contribution < 1.29 is 0 Å². The second-order valence-electron chi connectivity index (χ2n) is 3.44. The van der Waals surface area contributed by atoms with Crippen LogP contribution in [0.4, 0.5) is 0 Å². The first-order valence-corrected chi connectivity index (χ1v) is 4.82. The van der Waals surface area contributed by atoms with E-state index in [0.717, 1.165) is 12.5 Å². The van der Waals surface area contributed by atoms with Crippen molar-refractivity contribution in [1.82, 2.24) is 4.90 Å². The first kappa shape index (κ1) is 9.36. The molecule has 1 fully saturated rings. The molecule has 0 spiro atoms. The molecule has 1 aliphatic heterocycles. The molecule has 11 heavy (non-hydrogen) atoms. The molecule has 2 N–H and O–H groups in total. The van der Waals surface area contributed by atoms with Crippen molar-refractivity contribution in [2.75, 3.05) is 26.7 Å². The molecule has 0 bridgehead atoms. The van der Waals surface area contributed by atoms with Crippen molar-refractivity contribution >= 4 is 12.6 Å². The lowest BCUT2D eigenvalue weighted by Gasteiger charge is -2.31. The minimum Gasteiger partial charge on any atom is -0.329 e. The third kappa shape index (κ3) is 2.65. The van der Waals surface area contributed by atoms with Gasteiger partial charge in [0, 0.05) is 11.8 Å². The molecule has 2 nitrogen and oxygen atoms in total. The summed E-state index contributed by atoms with van der Waals surface area (Å²) in [7, 11) is 2.17. The number of nitrogens with two attached hydrogens (primary N) is 1. The van der Waals surface area contributed by atoms with E-state index in [-0.39, 0.29) is 0 Å². The number of hydrogen-bond donors (Lipinski definition) is 2. The van der Waals surface area contributed by atoms with Gasteiger partial charge in [0.1, 0.15) is 0 Å². The number of piperidine rings is 1. The summed E-state index contributed by atoms with van der Waals surface area (Å²) >= 11 is 4.46. The molecule has 1 atom stereocenters. The van der Waals surface area contributed by atoms with Crippen molar-refractivity contribution in [3.8, 4) is 0 Å². The van der Waals surface area contributed by atoms with E-state index in [1.54, 1.807) is 0 Å². The summed E-state index contributed by atoms with van der Waals surface area (Å²) in [6.45, 7) is 3.14. The minimum atomic E-state index is 0.420. The van der Waals surface area contributed by atoms with E-state index in [4.69, 9.17) is 5.73 Å². The zero-order chi connectivity index (χ0) is 8.27. The topological polar surface area (TPSA) is 29.3 Å². The Kier molecular flexibility index (Phi) is 3.69. The van der Waals surface area contributed by atoms with E-state index in [0.29, 0.717) is 5.25 Å². The lowest BCUT2D eigenvalue weighted by atomic mass is 9.93. The van der Waals surface area contributed by atoms with E-state index < -0.39 is 0 Å². The van der Waals surface area contributed by atoms with Gasteiger partial charge in [-0.1, -0.05) is 0 Å². The van der Waals surface area contributed by atoms with Gasteiger partial charge in [-0.25, -0.2) is 0 Å². The highest BCUT2D eigenvalue weighted by atomic mass is 32.1. The fourth-order valence-electron chi connectivity index (χ4n) is 1.61. The van der Waals surface area contributed by atoms with Crippen LogP contribution in [0.2, 0.25) is 0 Å². The minimum absolute atomic E-state index is 0.420. The molecule has 0 aromatic carbocycles. The van der Waals surface area contributed by atoms with Gasteiger partial charge in [0.25, 0.3) is 0 Å². The Morgan fingerprint density at radius 1 is 1.55 bits per heavy atom. The summed E-state index contributed by atoms with van der Waals surface area (Å²) in [4.78, 5) is 2.37. The zero-order valence-electron chi connectivity index (χ0n) is 7.16. The smallest absolute Gasteiger partial charge is 0.0169 e. The summed E-state index contributed by atoms with van der Waals surface area (Å²) in [6.07, 6.45) is 2.53. The van der Waals surface area contributed by atoms with Gasteiger partial charge >= 0.3 is 0 Å². The average molecular weight is 174 g/mol. The number of hydrogen-bond acceptors (Lipinski definition) is 3. The number of rotatable bonds is 2. The van der Waals surface area contributed by atoms with Gasteiger partial charge < -0.3 is 10.6 Å². The highest BCUT2D eigenvalue weighted by Gasteiger charge is 2.21. The quantitative estimate of drug-likeness (QED) is 0.600. The summed E-state index contributed by atoms with van der Waals surface area (Å²) < 4.78 is 0. The number of nitrogens with zero attached hydrogens (tertiary/aromatic N) is 1. The molecule has 1 heterocycles. The molecular weight excluding hydrogens is 156 g/mol. The van der Waals surface area contributed by atoms with Crippen molar-refractivity contribution in [3.05, 3.63) is 0 Å². The predicted octanol–water partition coefficient (Wildman–Crippen LogP) is 0.585. The predicted molar refractivity (Wildman–Crippen MR) is 52.0 cm³/mol. The third-order valence-corrected chi connectivity index (χ3v) is 3.18. The largest absolute Gasteiger partial charge is 0.329 e. The monoisotopic (exact) mass is 174 g/mol. The van der Waals surface area contributed by atoms with Gasteiger partial charge in [-0.05, 0) is 38.9 Å². The molecule has 3 heteroatoms. The van der Waals surface area contributed by atoms with Crippen molar-refractivity contribution in [3.63, 3.8) is 0 Å². The standard InChI is InChI=1S/C8H18N2S/c1-10-4-2-7(3-5-10)8(11)6-9/h7-8,11H,2-6,9H2,1H3. The molecule has 1 saturated heterocycles.